The average molecular weight is 549 g/mol. The number of phenols is 2. The van der Waals surface area contributed by atoms with Gasteiger partial charge in [0.25, 0.3) is 0 Å². The van der Waals surface area contributed by atoms with Crippen molar-refractivity contribution in [3.63, 3.8) is 0 Å². The summed E-state index contributed by atoms with van der Waals surface area (Å²) in [4.78, 5) is 9.98. The van der Waals surface area contributed by atoms with Gasteiger partial charge < -0.3 is 10.2 Å². The molecule has 2 aromatic carbocycles. The van der Waals surface area contributed by atoms with Crippen LogP contribution in [0.4, 0.5) is 0 Å². The number of aliphatic imine (C=N–C) groups is 2. The van der Waals surface area contributed by atoms with Crippen LogP contribution in [-0.2, 0) is 16.2 Å². The van der Waals surface area contributed by atoms with Crippen LogP contribution in [0.5, 0.6) is 11.5 Å². The Bertz CT molecular complexity index is 1190. The van der Waals surface area contributed by atoms with E-state index in [0.717, 1.165) is 59.9 Å². The highest BCUT2D eigenvalue weighted by molar-refractivity contribution is 5.86. The highest BCUT2D eigenvalue weighted by Gasteiger charge is 2.27. The second-order valence-electron chi connectivity index (χ2n) is 13.9. The molecule has 2 unspecified atom stereocenters. The van der Waals surface area contributed by atoms with Gasteiger partial charge in [-0.2, -0.15) is 0 Å². The molecule has 222 valence electrons. The topological polar surface area (TPSA) is 65.2 Å². The molecule has 1 aliphatic carbocycles. The van der Waals surface area contributed by atoms with E-state index in [9.17, 15) is 10.2 Å². The van der Waals surface area contributed by atoms with Gasteiger partial charge in [-0.25, -0.2) is 0 Å². The minimum atomic E-state index is -0.175. The van der Waals surface area contributed by atoms with Crippen LogP contribution in [0.2, 0.25) is 0 Å². The number of rotatable bonds is 6. The molecule has 3 rings (SSSR count). The Balaban J connectivity index is 0.00000274. The van der Waals surface area contributed by atoms with Gasteiger partial charge in [-0.3, -0.25) is 9.98 Å². The van der Waals surface area contributed by atoms with Gasteiger partial charge in [-0.15, -0.1) is 0 Å². The summed E-state index contributed by atoms with van der Waals surface area (Å²) in [5.74, 6) is 0.643. The third-order valence-corrected chi connectivity index (χ3v) is 8.21. The highest BCUT2D eigenvalue weighted by atomic mass is 16.3. The Labute approximate surface area is 245 Å². The number of aryl methyl sites for hydroxylation is 1. The second-order valence-corrected chi connectivity index (χ2v) is 13.9. The molecule has 2 aromatic rings. The molecule has 0 aliphatic heterocycles. The summed E-state index contributed by atoms with van der Waals surface area (Å²) in [6.45, 7) is 25.6. The standard InChI is InChI=1S/C34H50N2O2.C2H6/c1-11-34(9,10)25-18-24(31(38)27(19-25)33(6,7)8)21-36-29-15-13-12-14-28(29)35-20-23-16-22(2)17-26(30(23)37)32(3,4)5;1-2/h16-21,28-29,37-38H,11-15H2,1-10H3;1-2H3. The molecule has 2 N–H and O–H groups in total. The number of aromatic hydroxyl groups is 2. The van der Waals surface area contributed by atoms with Crippen molar-refractivity contribution < 1.29 is 10.2 Å². The fraction of sp³-hybridized carbons (Fsp3) is 0.611. The largest absolute Gasteiger partial charge is 0.507 e. The van der Waals surface area contributed by atoms with Gasteiger partial charge in [0.15, 0.2) is 0 Å². The smallest absolute Gasteiger partial charge is 0.128 e. The SMILES string of the molecule is CC.CCC(C)(C)c1cc(C=NC2CCCCC2N=Cc2cc(C)cc(C(C)(C)C)c2O)c(O)c(C(C)(C)C)c1. The average Bonchev–Trinajstić information content (AvgIpc) is 2.88. The molecule has 4 nitrogen and oxygen atoms in total. The second kappa shape index (κ2) is 13.4. The van der Waals surface area contributed by atoms with Gasteiger partial charge in [0.1, 0.15) is 11.5 Å². The number of phenolic OH excluding ortho intramolecular Hbond substituents is 2. The monoisotopic (exact) mass is 548 g/mol. The van der Waals surface area contributed by atoms with Crippen molar-refractivity contribution in [1.29, 1.82) is 0 Å². The summed E-state index contributed by atoms with van der Waals surface area (Å²) < 4.78 is 0. The van der Waals surface area contributed by atoms with E-state index in [1.165, 1.54) is 5.56 Å². The van der Waals surface area contributed by atoms with E-state index in [-0.39, 0.29) is 28.3 Å². The van der Waals surface area contributed by atoms with Gasteiger partial charge in [0.2, 0.25) is 0 Å². The maximum atomic E-state index is 11.2. The Morgan fingerprint density at radius 3 is 1.57 bits per heavy atom. The molecule has 0 radical (unpaired) electrons. The third-order valence-electron chi connectivity index (χ3n) is 8.21. The van der Waals surface area contributed by atoms with E-state index in [2.05, 4.69) is 87.4 Å². The Morgan fingerprint density at radius 1 is 0.725 bits per heavy atom. The molecule has 0 heterocycles. The molecule has 40 heavy (non-hydrogen) atoms. The Morgan fingerprint density at radius 2 is 1.15 bits per heavy atom. The van der Waals surface area contributed by atoms with Crippen LogP contribution in [0.1, 0.15) is 142 Å². The number of hydrogen-bond donors (Lipinski definition) is 2. The minimum absolute atomic E-state index is 0.00961. The van der Waals surface area contributed by atoms with E-state index < -0.39 is 0 Å². The third kappa shape index (κ3) is 8.21. The van der Waals surface area contributed by atoms with Crippen LogP contribution in [0.3, 0.4) is 0 Å². The normalized spacial score (nSPS) is 18.7. The maximum Gasteiger partial charge on any atom is 0.128 e. The summed E-state index contributed by atoms with van der Waals surface area (Å²) in [5, 5.41) is 22.2. The van der Waals surface area contributed by atoms with Crippen molar-refractivity contribution in [2.45, 2.75) is 144 Å². The summed E-state index contributed by atoms with van der Waals surface area (Å²) >= 11 is 0. The molecular weight excluding hydrogens is 492 g/mol. The number of hydrogen-bond acceptors (Lipinski definition) is 4. The fourth-order valence-corrected chi connectivity index (χ4v) is 5.19. The van der Waals surface area contributed by atoms with Crippen molar-refractivity contribution >= 4 is 12.4 Å². The highest BCUT2D eigenvalue weighted by Crippen LogP contribution is 2.39. The Kier molecular flexibility index (Phi) is 11.2. The molecule has 1 saturated carbocycles. The zero-order valence-electron chi connectivity index (χ0n) is 27.4. The zero-order valence-corrected chi connectivity index (χ0v) is 27.4. The molecule has 0 aromatic heterocycles. The maximum absolute atomic E-state index is 11.2. The first kappa shape index (κ1) is 33.6. The van der Waals surface area contributed by atoms with E-state index in [1.807, 2.05) is 32.3 Å². The minimum Gasteiger partial charge on any atom is -0.507 e. The lowest BCUT2D eigenvalue weighted by atomic mass is 9.77. The predicted molar refractivity (Wildman–Crippen MR) is 174 cm³/mol. The van der Waals surface area contributed by atoms with Crippen LogP contribution in [0.15, 0.2) is 34.3 Å². The quantitative estimate of drug-likeness (QED) is 0.353. The first-order chi connectivity index (χ1) is 18.5. The molecular formula is C36H56N2O2. The lowest BCUT2D eigenvalue weighted by molar-refractivity contribution is 0.389. The molecule has 2 atom stereocenters. The summed E-state index contributed by atoms with van der Waals surface area (Å²) in [6, 6.07) is 8.45. The molecule has 0 saturated heterocycles. The molecule has 0 amide bonds. The lowest BCUT2D eigenvalue weighted by Crippen LogP contribution is -2.27. The number of benzene rings is 2. The summed E-state index contributed by atoms with van der Waals surface area (Å²) in [6.07, 6.45) is 8.93. The molecule has 1 fully saturated rings. The van der Waals surface area contributed by atoms with Crippen molar-refractivity contribution in [1.82, 2.24) is 0 Å². The van der Waals surface area contributed by atoms with Crippen molar-refractivity contribution in [2.24, 2.45) is 9.98 Å². The van der Waals surface area contributed by atoms with E-state index in [0.29, 0.717) is 11.5 Å². The van der Waals surface area contributed by atoms with Gasteiger partial charge in [-0.05, 0) is 65.7 Å². The van der Waals surface area contributed by atoms with Crippen LogP contribution in [0, 0.1) is 6.92 Å². The first-order valence-electron chi connectivity index (χ1n) is 15.3. The Hall–Kier alpha value is -2.62. The fourth-order valence-electron chi connectivity index (χ4n) is 5.19. The van der Waals surface area contributed by atoms with E-state index >= 15 is 0 Å². The summed E-state index contributed by atoms with van der Waals surface area (Å²) in [7, 11) is 0. The molecule has 0 spiro atoms. The predicted octanol–water partition coefficient (Wildman–Crippen LogP) is 9.56. The van der Waals surface area contributed by atoms with Crippen molar-refractivity contribution in [3.05, 3.63) is 57.6 Å². The zero-order chi connectivity index (χ0) is 30.5. The van der Waals surface area contributed by atoms with Gasteiger partial charge in [0, 0.05) is 34.7 Å². The van der Waals surface area contributed by atoms with Crippen molar-refractivity contribution in [3.8, 4) is 11.5 Å². The molecule has 0 bridgehead atoms. The number of nitrogens with zero attached hydrogens (tertiary/aromatic N) is 2. The molecule has 1 aliphatic rings. The first-order valence-corrected chi connectivity index (χ1v) is 15.3. The van der Waals surface area contributed by atoms with Gasteiger partial charge in [0.05, 0.1) is 12.1 Å². The van der Waals surface area contributed by atoms with E-state index in [1.54, 1.807) is 0 Å². The lowest BCUT2D eigenvalue weighted by Gasteiger charge is -2.29. The van der Waals surface area contributed by atoms with Crippen molar-refractivity contribution in [2.75, 3.05) is 0 Å². The van der Waals surface area contributed by atoms with Crippen LogP contribution in [-0.4, -0.2) is 34.7 Å². The van der Waals surface area contributed by atoms with E-state index in [4.69, 9.17) is 9.98 Å². The molecule has 4 heteroatoms. The van der Waals surface area contributed by atoms with Gasteiger partial charge >= 0.3 is 0 Å². The van der Waals surface area contributed by atoms with Gasteiger partial charge in [-0.1, -0.05) is 101 Å². The summed E-state index contributed by atoms with van der Waals surface area (Å²) in [5.41, 5.74) is 5.49. The van der Waals surface area contributed by atoms with Crippen LogP contribution < -0.4 is 0 Å². The van der Waals surface area contributed by atoms with Crippen LogP contribution >= 0.6 is 0 Å². The van der Waals surface area contributed by atoms with Crippen LogP contribution in [0.25, 0.3) is 0 Å².